The largest absolute Gasteiger partial charge is 0.359 e. The molecule has 1 heterocycles. The van der Waals surface area contributed by atoms with Crippen molar-refractivity contribution >= 4 is 5.78 Å². The maximum atomic E-state index is 12.0. The lowest BCUT2D eigenvalue weighted by Gasteiger charge is -2.39. The van der Waals surface area contributed by atoms with Crippen LogP contribution < -0.4 is 0 Å². The molecule has 20 heavy (non-hydrogen) atoms. The van der Waals surface area contributed by atoms with Gasteiger partial charge in [0.25, 0.3) is 0 Å². The lowest BCUT2D eigenvalue weighted by molar-refractivity contribution is -0.234. The van der Waals surface area contributed by atoms with Crippen LogP contribution in [0, 0.1) is 11.8 Å². The number of ether oxygens (including phenoxy) is 4. The van der Waals surface area contributed by atoms with Gasteiger partial charge in [0, 0.05) is 25.4 Å². The van der Waals surface area contributed by atoms with Gasteiger partial charge in [-0.3, -0.25) is 4.79 Å². The highest BCUT2D eigenvalue weighted by Crippen LogP contribution is 2.37. The van der Waals surface area contributed by atoms with Gasteiger partial charge in [0.15, 0.2) is 5.79 Å². The van der Waals surface area contributed by atoms with Crippen LogP contribution in [-0.2, 0) is 23.7 Å². The van der Waals surface area contributed by atoms with Crippen molar-refractivity contribution in [2.75, 3.05) is 27.1 Å². The third kappa shape index (κ3) is 3.79. The quantitative estimate of drug-likeness (QED) is 0.610. The first-order valence-corrected chi connectivity index (χ1v) is 7.43. The predicted octanol–water partition coefficient (Wildman–Crippen LogP) is 2.38. The molecule has 0 unspecified atom stereocenters. The number of carbonyl (C=O) groups excluding carboxylic acids is 1. The Morgan fingerprint density at radius 1 is 1.25 bits per heavy atom. The molecule has 0 aromatic heterocycles. The Morgan fingerprint density at radius 2 is 1.85 bits per heavy atom. The van der Waals surface area contributed by atoms with Crippen LogP contribution in [0.1, 0.15) is 40.5 Å². The summed E-state index contributed by atoms with van der Waals surface area (Å²) < 4.78 is 22.4. The normalized spacial score (nSPS) is 22.4. The zero-order valence-corrected chi connectivity index (χ0v) is 13.3. The van der Waals surface area contributed by atoms with Gasteiger partial charge in [0.1, 0.15) is 12.6 Å². The van der Waals surface area contributed by atoms with Crippen molar-refractivity contribution in [2.45, 2.75) is 52.4 Å². The first-order chi connectivity index (χ1) is 9.52. The summed E-state index contributed by atoms with van der Waals surface area (Å²) in [5, 5.41) is 0. The Morgan fingerprint density at radius 3 is 2.30 bits per heavy atom. The van der Waals surface area contributed by atoms with Crippen LogP contribution in [0.2, 0.25) is 0 Å². The molecule has 118 valence electrons. The summed E-state index contributed by atoms with van der Waals surface area (Å²) >= 11 is 0. The second-order valence-corrected chi connectivity index (χ2v) is 5.30. The third-order valence-corrected chi connectivity index (χ3v) is 4.18. The average Bonchev–Trinajstić information content (AvgIpc) is 2.96. The van der Waals surface area contributed by atoms with Gasteiger partial charge in [-0.1, -0.05) is 27.7 Å². The average molecular weight is 288 g/mol. The summed E-state index contributed by atoms with van der Waals surface area (Å²) in [6, 6.07) is 0. The van der Waals surface area contributed by atoms with Gasteiger partial charge in [-0.25, -0.2) is 0 Å². The van der Waals surface area contributed by atoms with Crippen molar-refractivity contribution in [2.24, 2.45) is 11.8 Å². The molecule has 0 amide bonds. The van der Waals surface area contributed by atoms with E-state index in [4.69, 9.17) is 18.9 Å². The van der Waals surface area contributed by atoms with Gasteiger partial charge in [-0.15, -0.1) is 0 Å². The minimum atomic E-state index is -0.652. The van der Waals surface area contributed by atoms with Crippen molar-refractivity contribution in [3.63, 3.8) is 0 Å². The summed E-state index contributed by atoms with van der Waals surface area (Å²) in [5.41, 5.74) is 0. The number of methoxy groups -OCH3 is 1. The fourth-order valence-corrected chi connectivity index (χ4v) is 2.88. The third-order valence-electron chi connectivity index (χ3n) is 4.18. The maximum Gasteiger partial charge on any atom is 0.173 e. The zero-order chi connectivity index (χ0) is 15.2. The minimum Gasteiger partial charge on any atom is -0.359 e. The summed E-state index contributed by atoms with van der Waals surface area (Å²) in [6.45, 7) is 9.17. The van der Waals surface area contributed by atoms with Crippen LogP contribution in [-0.4, -0.2) is 44.8 Å². The van der Waals surface area contributed by atoms with Crippen LogP contribution in [0.5, 0.6) is 0 Å². The Balaban J connectivity index is 2.87. The van der Waals surface area contributed by atoms with Crippen molar-refractivity contribution in [3.8, 4) is 0 Å². The van der Waals surface area contributed by atoms with Gasteiger partial charge in [-0.2, -0.15) is 0 Å². The molecule has 1 fully saturated rings. The molecule has 0 bridgehead atoms. The number of rotatable bonds is 9. The SMILES string of the molecule is CCC(=O)[C@@H](C)[C@@H](OCOC)[C@H](C)C1(CC)OCCO1. The molecule has 1 aliphatic rings. The van der Waals surface area contributed by atoms with Gasteiger partial charge in [0.2, 0.25) is 0 Å². The molecule has 0 N–H and O–H groups in total. The zero-order valence-electron chi connectivity index (χ0n) is 13.3. The molecule has 3 atom stereocenters. The van der Waals surface area contributed by atoms with Crippen LogP contribution >= 0.6 is 0 Å². The van der Waals surface area contributed by atoms with Crippen molar-refractivity contribution in [1.82, 2.24) is 0 Å². The number of ketones is 1. The molecule has 1 rings (SSSR count). The monoisotopic (exact) mass is 288 g/mol. The van der Waals surface area contributed by atoms with E-state index in [1.165, 1.54) is 0 Å². The number of hydrogen-bond donors (Lipinski definition) is 0. The van der Waals surface area contributed by atoms with Crippen LogP contribution in [0.4, 0.5) is 0 Å². The van der Waals surface area contributed by atoms with Crippen molar-refractivity contribution in [3.05, 3.63) is 0 Å². The maximum absolute atomic E-state index is 12.0. The van der Waals surface area contributed by atoms with E-state index in [2.05, 4.69) is 0 Å². The molecular weight excluding hydrogens is 260 g/mol. The minimum absolute atomic E-state index is 0.0457. The molecule has 1 saturated heterocycles. The second kappa shape index (κ2) is 8.08. The second-order valence-electron chi connectivity index (χ2n) is 5.30. The van der Waals surface area contributed by atoms with Gasteiger partial charge < -0.3 is 18.9 Å². The molecule has 1 aliphatic heterocycles. The van der Waals surface area contributed by atoms with E-state index >= 15 is 0 Å². The predicted molar refractivity (Wildman–Crippen MR) is 75.3 cm³/mol. The standard InChI is InChI=1S/C15H28O5/c1-6-13(16)11(3)14(18-10-17-5)12(4)15(7-2)19-8-9-20-15/h11-12,14H,6-10H2,1-5H3/t11-,12+,14-/m1/s1. The molecule has 0 aliphatic carbocycles. The van der Waals surface area contributed by atoms with E-state index in [0.29, 0.717) is 19.6 Å². The Hall–Kier alpha value is -0.490. The smallest absolute Gasteiger partial charge is 0.173 e. The lowest BCUT2D eigenvalue weighted by atomic mass is 9.83. The highest BCUT2D eigenvalue weighted by molar-refractivity contribution is 5.80. The number of Topliss-reactive ketones (excluding diaryl/α,β-unsaturated/α-hetero) is 1. The lowest BCUT2D eigenvalue weighted by Crippen LogP contribution is -2.48. The molecule has 5 heteroatoms. The van der Waals surface area contributed by atoms with E-state index in [9.17, 15) is 4.79 Å². The summed E-state index contributed by atoms with van der Waals surface area (Å²) in [7, 11) is 1.58. The molecular formula is C15H28O5. The first-order valence-electron chi connectivity index (χ1n) is 7.43. The summed E-state index contributed by atoms with van der Waals surface area (Å²) in [6.07, 6.45) is 0.954. The van der Waals surface area contributed by atoms with Crippen molar-refractivity contribution < 1.29 is 23.7 Å². The highest BCUT2D eigenvalue weighted by Gasteiger charge is 2.46. The van der Waals surface area contributed by atoms with E-state index in [1.807, 2.05) is 27.7 Å². The van der Waals surface area contributed by atoms with Gasteiger partial charge >= 0.3 is 0 Å². The molecule has 0 spiro atoms. The summed E-state index contributed by atoms with van der Waals surface area (Å²) in [4.78, 5) is 12.0. The van der Waals surface area contributed by atoms with Crippen LogP contribution in [0.25, 0.3) is 0 Å². The van der Waals surface area contributed by atoms with Gasteiger partial charge in [-0.05, 0) is 6.42 Å². The van der Waals surface area contributed by atoms with Crippen LogP contribution in [0.15, 0.2) is 0 Å². The summed E-state index contributed by atoms with van der Waals surface area (Å²) in [5.74, 6) is -0.722. The molecule has 5 nitrogen and oxygen atoms in total. The Kier molecular flexibility index (Phi) is 7.09. The Labute approximate surface area is 121 Å². The van der Waals surface area contributed by atoms with E-state index in [1.54, 1.807) is 7.11 Å². The van der Waals surface area contributed by atoms with E-state index in [-0.39, 0.29) is 30.5 Å². The highest BCUT2D eigenvalue weighted by atomic mass is 16.7. The number of carbonyl (C=O) groups is 1. The number of hydrogen-bond acceptors (Lipinski definition) is 5. The van der Waals surface area contributed by atoms with Crippen LogP contribution in [0.3, 0.4) is 0 Å². The first kappa shape index (κ1) is 17.6. The Bertz CT molecular complexity index is 299. The molecule has 0 aromatic carbocycles. The fraction of sp³-hybridized carbons (Fsp3) is 0.933. The van der Waals surface area contributed by atoms with Gasteiger partial charge in [0.05, 0.1) is 19.3 Å². The topological polar surface area (TPSA) is 54.0 Å². The van der Waals surface area contributed by atoms with E-state index < -0.39 is 5.79 Å². The van der Waals surface area contributed by atoms with E-state index in [0.717, 1.165) is 6.42 Å². The molecule has 0 saturated carbocycles. The molecule has 0 aromatic rings. The fourth-order valence-electron chi connectivity index (χ4n) is 2.88. The molecule has 0 radical (unpaired) electrons. The van der Waals surface area contributed by atoms with Crippen molar-refractivity contribution in [1.29, 1.82) is 0 Å².